The Labute approximate surface area is 96.3 Å². The molecular formula is C12H20N2O2. The average Bonchev–Trinajstić information content (AvgIpc) is 2.78. The van der Waals surface area contributed by atoms with E-state index in [-0.39, 0.29) is 6.10 Å². The number of hydrogen-bond acceptors (Lipinski definition) is 3. The fourth-order valence-electron chi connectivity index (χ4n) is 2.58. The molecule has 1 aromatic heterocycles. The molecule has 2 atom stereocenters. The molecule has 4 heteroatoms. The van der Waals surface area contributed by atoms with Crippen LogP contribution in [0.5, 0.6) is 0 Å². The second-order valence-electron chi connectivity index (χ2n) is 4.52. The summed E-state index contributed by atoms with van der Waals surface area (Å²) in [5.41, 5.74) is -0.807. The third-order valence-corrected chi connectivity index (χ3v) is 3.49. The summed E-state index contributed by atoms with van der Waals surface area (Å²) in [5, 5.41) is 10.7. The molecule has 0 spiro atoms. The molecule has 4 nitrogen and oxygen atoms in total. The Morgan fingerprint density at radius 2 is 2.50 bits per heavy atom. The van der Waals surface area contributed by atoms with E-state index in [2.05, 4.69) is 11.9 Å². The molecule has 1 heterocycles. The quantitative estimate of drug-likeness (QED) is 0.849. The monoisotopic (exact) mass is 224 g/mol. The molecule has 1 fully saturated rings. The first-order chi connectivity index (χ1) is 7.69. The van der Waals surface area contributed by atoms with Crippen molar-refractivity contribution in [3.8, 4) is 0 Å². The summed E-state index contributed by atoms with van der Waals surface area (Å²) < 4.78 is 7.37. The molecule has 0 aliphatic heterocycles. The largest absolute Gasteiger partial charge is 0.382 e. The number of aryl methyl sites for hydroxylation is 1. The lowest BCUT2D eigenvalue weighted by molar-refractivity contribution is -0.0702. The zero-order valence-corrected chi connectivity index (χ0v) is 10.0. The van der Waals surface area contributed by atoms with Gasteiger partial charge in [0.05, 0.1) is 6.10 Å². The van der Waals surface area contributed by atoms with Gasteiger partial charge < -0.3 is 14.4 Å². The van der Waals surface area contributed by atoms with Crippen LogP contribution in [0.3, 0.4) is 0 Å². The number of ether oxygens (including phenoxy) is 1. The summed E-state index contributed by atoms with van der Waals surface area (Å²) in [7, 11) is 1.71. The van der Waals surface area contributed by atoms with E-state index in [1.54, 1.807) is 13.3 Å². The van der Waals surface area contributed by atoms with Crippen molar-refractivity contribution in [3.63, 3.8) is 0 Å². The minimum absolute atomic E-state index is 0.153. The third kappa shape index (κ3) is 1.99. The van der Waals surface area contributed by atoms with Crippen molar-refractivity contribution in [2.45, 2.75) is 50.9 Å². The van der Waals surface area contributed by atoms with Gasteiger partial charge in [-0.15, -0.1) is 0 Å². The second kappa shape index (κ2) is 4.55. The maximum Gasteiger partial charge on any atom is 0.140 e. The zero-order chi connectivity index (χ0) is 11.6. The van der Waals surface area contributed by atoms with Gasteiger partial charge in [0, 0.05) is 32.5 Å². The predicted octanol–water partition coefficient (Wildman–Crippen LogP) is 1.68. The van der Waals surface area contributed by atoms with Crippen LogP contribution in [0.15, 0.2) is 12.4 Å². The molecule has 1 aliphatic carbocycles. The van der Waals surface area contributed by atoms with Gasteiger partial charge in [-0.1, -0.05) is 0 Å². The van der Waals surface area contributed by atoms with E-state index >= 15 is 0 Å². The summed E-state index contributed by atoms with van der Waals surface area (Å²) in [6.07, 6.45) is 7.29. The number of aromatic nitrogens is 2. The summed E-state index contributed by atoms with van der Waals surface area (Å²) in [5.74, 6) is 0.789. The minimum Gasteiger partial charge on any atom is -0.382 e. The fourth-order valence-corrected chi connectivity index (χ4v) is 2.58. The lowest BCUT2D eigenvalue weighted by Gasteiger charge is -2.35. The van der Waals surface area contributed by atoms with Gasteiger partial charge in [0.1, 0.15) is 11.4 Å². The van der Waals surface area contributed by atoms with E-state index in [1.807, 2.05) is 10.8 Å². The summed E-state index contributed by atoms with van der Waals surface area (Å²) in [4.78, 5) is 4.31. The second-order valence-corrected chi connectivity index (χ2v) is 4.52. The van der Waals surface area contributed by atoms with Crippen LogP contribution in [-0.4, -0.2) is 27.9 Å². The SMILES string of the molecule is CCn1ccnc1C1(O)CCCC(OC)C1. The van der Waals surface area contributed by atoms with E-state index in [4.69, 9.17) is 4.74 Å². The van der Waals surface area contributed by atoms with Gasteiger partial charge in [-0.05, 0) is 26.2 Å². The number of aliphatic hydroxyl groups is 1. The van der Waals surface area contributed by atoms with Gasteiger partial charge in [0.25, 0.3) is 0 Å². The molecule has 90 valence electrons. The highest BCUT2D eigenvalue weighted by Crippen LogP contribution is 2.37. The Hall–Kier alpha value is -0.870. The van der Waals surface area contributed by atoms with Crippen molar-refractivity contribution in [1.29, 1.82) is 0 Å². The zero-order valence-electron chi connectivity index (χ0n) is 10.0. The number of imidazole rings is 1. The first-order valence-electron chi connectivity index (χ1n) is 5.96. The van der Waals surface area contributed by atoms with Crippen LogP contribution in [0.1, 0.15) is 38.4 Å². The molecule has 2 unspecified atom stereocenters. The van der Waals surface area contributed by atoms with Crippen molar-refractivity contribution >= 4 is 0 Å². The van der Waals surface area contributed by atoms with E-state index in [1.165, 1.54) is 0 Å². The first-order valence-corrected chi connectivity index (χ1v) is 5.96. The van der Waals surface area contributed by atoms with Crippen LogP contribution in [0, 0.1) is 0 Å². The topological polar surface area (TPSA) is 47.3 Å². The van der Waals surface area contributed by atoms with Crippen LogP contribution in [0.4, 0.5) is 0 Å². The number of hydrogen-bond donors (Lipinski definition) is 1. The Morgan fingerprint density at radius 3 is 3.19 bits per heavy atom. The fraction of sp³-hybridized carbons (Fsp3) is 0.750. The maximum atomic E-state index is 10.7. The van der Waals surface area contributed by atoms with Gasteiger partial charge in [-0.2, -0.15) is 0 Å². The maximum absolute atomic E-state index is 10.7. The van der Waals surface area contributed by atoms with Crippen molar-refractivity contribution in [2.24, 2.45) is 0 Å². The third-order valence-electron chi connectivity index (χ3n) is 3.49. The summed E-state index contributed by atoms with van der Waals surface area (Å²) in [6.45, 7) is 2.90. The highest BCUT2D eigenvalue weighted by Gasteiger charge is 2.39. The molecule has 0 bridgehead atoms. The van der Waals surface area contributed by atoms with Gasteiger partial charge in [-0.3, -0.25) is 0 Å². The van der Waals surface area contributed by atoms with E-state index in [9.17, 15) is 5.11 Å². The Morgan fingerprint density at radius 1 is 1.69 bits per heavy atom. The molecule has 1 aromatic rings. The Balaban J connectivity index is 2.23. The van der Waals surface area contributed by atoms with E-state index in [0.717, 1.165) is 31.6 Å². The van der Waals surface area contributed by atoms with Crippen LogP contribution < -0.4 is 0 Å². The van der Waals surface area contributed by atoms with Crippen LogP contribution in [0.25, 0.3) is 0 Å². The molecule has 1 N–H and O–H groups in total. The standard InChI is InChI=1S/C12H20N2O2/c1-3-14-8-7-13-11(14)12(15)6-4-5-10(9-12)16-2/h7-8,10,15H,3-6,9H2,1-2H3. The molecule has 2 rings (SSSR count). The Bertz CT molecular complexity index is 351. The molecule has 1 saturated carbocycles. The number of nitrogens with zero attached hydrogens (tertiary/aromatic N) is 2. The summed E-state index contributed by atoms with van der Waals surface area (Å²) >= 11 is 0. The Kier molecular flexibility index (Phi) is 3.30. The van der Waals surface area contributed by atoms with Gasteiger partial charge in [0.2, 0.25) is 0 Å². The molecule has 0 amide bonds. The van der Waals surface area contributed by atoms with Crippen molar-refractivity contribution < 1.29 is 9.84 Å². The van der Waals surface area contributed by atoms with Crippen LogP contribution >= 0.6 is 0 Å². The molecule has 16 heavy (non-hydrogen) atoms. The van der Waals surface area contributed by atoms with E-state index in [0.29, 0.717) is 6.42 Å². The van der Waals surface area contributed by atoms with Gasteiger partial charge >= 0.3 is 0 Å². The summed E-state index contributed by atoms with van der Waals surface area (Å²) in [6, 6.07) is 0. The highest BCUT2D eigenvalue weighted by atomic mass is 16.5. The minimum atomic E-state index is -0.807. The molecule has 0 aromatic carbocycles. The number of rotatable bonds is 3. The molecular weight excluding hydrogens is 204 g/mol. The van der Waals surface area contributed by atoms with Gasteiger partial charge in [0.15, 0.2) is 0 Å². The normalized spacial score (nSPS) is 30.6. The molecule has 0 radical (unpaired) electrons. The van der Waals surface area contributed by atoms with Crippen molar-refractivity contribution in [2.75, 3.05) is 7.11 Å². The predicted molar refractivity (Wildman–Crippen MR) is 61.1 cm³/mol. The van der Waals surface area contributed by atoms with E-state index < -0.39 is 5.60 Å². The van der Waals surface area contributed by atoms with Crippen LogP contribution in [0.2, 0.25) is 0 Å². The molecule has 1 aliphatic rings. The molecule has 0 saturated heterocycles. The lowest BCUT2D eigenvalue weighted by atomic mass is 9.82. The average molecular weight is 224 g/mol. The lowest BCUT2D eigenvalue weighted by Crippen LogP contribution is -2.38. The van der Waals surface area contributed by atoms with Crippen molar-refractivity contribution in [1.82, 2.24) is 9.55 Å². The first kappa shape index (κ1) is 11.6. The smallest absolute Gasteiger partial charge is 0.140 e. The number of methoxy groups -OCH3 is 1. The highest BCUT2D eigenvalue weighted by molar-refractivity contribution is 5.07. The van der Waals surface area contributed by atoms with Crippen molar-refractivity contribution in [3.05, 3.63) is 18.2 Å². The van der Waals surface area contributed by atoms with Crippen LogP contribution in [-0.2, 0) is 16.9 Å². The van der Waals surface area contributed by atoms with Gasteiger partial charge in [-0.25, -0.2) is 4.98 Å².